The Bertz CT molecular complexity index is 3220. The highest BCUT2D eigenvalue weighted by atomic mass is 14.9. The van der Waals surface area contributed by atoms with Gasteiger partial charge < -0.3 is 0 Å². The first kappa shape index (κ1) is 31.9. The number of hydrogen-bond acceptors (Lipinski definition) is 4. The molecule has 0 atom stereocenters. The van der Waals surface area contributed by atoms with Gasteiger partial charge in [0.2, 0.25) is 0 Å². The van der Waals surface area contributed by atoms with Crippen molar-refractivity contribution in [3.8, 4) is 67.4 Å². The highest BCUT2D eigenvalue weighted by molar-refractivity contribution is 6.27. The molecule has 0 N–H and O–H groups in total. The summed E-state index contributed by atoms with van der Waals surface area (Å²) in [6.07, 6.45) is 5.64. The van der Waals surface area contributed by atoms with E-state index in [1.165, 1.54) is 49.0 Å². The van der Waals surface area contributed by atoms with Crippen LogP contribution in [0, 0.1) is 0 Å². The molecule has 0 bridgehead atoms. The third-order valence-corrected chi connectivity index (χ3v) is 11.0. The van der Waals surface area contributed by atoms with Crippen molar-refractivity contribution in [3.63, 3.8) is 0 Å². The average molecular weight is 713 g/mol. The lowest BCUT2D eigenvalue weighted by Crippen LogP contribution is -1.97. The van der Waals surface area contributed by atoms with E-state index in [1.54, 1.807) is 0 Å². The van der Waals surface area contributed by atoms with Crippen molar-refractivity contribution >= 4 is 43.1 Å². The third-order valence-electron chi connectivity index (χ3n) is 11.0. The van der Waals surface area contributed by atoms with Crippen LogP contribution >= 0.6 is 0 Å². The molecule has 4 nitrogen and oxygen atoms in total. The summed E-state index contributed by atoms with van der Waals surface area (Å²) in [6.45, 7) is 0. The lowest BCUT2D eigenvalue weighted by molar-refractivity contribution is 1.18. The molecule has 56 heavy (non-hydrogen) atoms. The fourth-order valence-electron chi connectivity index (χ4n) is 8.28. The predicted octanol–water partition coefficient (Wildman–Crippen LogP) is 13.3. The molecule has 0 aliphatic heterocycles. The number of rotatable bonds is 6. The summed E-state index contributed by atoms with van der Waals surface area (Å²) in [4.78, 5) is 19.7. The largest absolute Gasteiger partial charge is 0.263 e. The molecular weight excluding hydrogens is 681 g/mol. The van der Waals surface area contributed by atoms with E-state index in [1.807, 2.05) is 42.9 Å². The SMILES string of the molecule is c1ccc(-c2ccc3ccc4c(-c5cccc(-c6nc(-c7ccc(-c8ccccn8)cc7)cc(-c7cncc8ccccc78)n6)c5)ccc5ccc2c3c54)cc1. The van der Waals surface area contributed by atoms with Gasteiger partial charge in [0.25, 0.3) is 0 Å². The Balaban J connectivity index is 1.07. The van der Waals surface area contributed by atoms with Gasteiger partial charge in [-0.15, -0.1) is 0 Å². The summed E-state index contributed by atoms with van der Waals surface area (Å²) in [6, 6.07) is 62.3. The molecule has 0 fully saturated rings. The van der Waals surface area contributed by atoms with Crippen LogP contribution in [-0.4, -0.2) is 19.9 Å². The molecule has 0 radical (unpaired) electrons. The minimum absolute atomic E-state index is 0.659. The molecule has 8 aromatic carbocycles. The van der Waals surface area contributed by atoms with Gasteiger partial charge in [0.05, 0.1) is 17.1 Å². The zero-order chi connectivity index (χ0) is 37.0. The van der Waals surface area contributed by atoms with Crippen LogP contribution in [0.15, 0.2) is 195 Å². The van der Waals surface area contributed by atoms with Gasteiger partial charge in [0.15, 0.2) is 5.82 Å². The van der Waals surface area contributed by atoms with Gasteiger partial charge >= 0.3 is 0 Å². The minimum Gasteiger partial charge on any atom is -0.263 e. The van der Waals surface area contributed by atoms with Crippen LogP contribution in [0.5, 0.6) is 0 Å². The van der Waals surface area contributed by atoms with E-state index >= 15 is 0 Å². The Hall–Kier alpha value is -7.56. The van der Waals surface area contributed by atoms with Gasteiger partial charge in [0.1, 0.15) is 0 Å². The standard InChI is InChI=1S/C52H32N4/c1-2-9-33(10-3-1)42-24-20-36-23-27-45-43(25-21-37-22-26-44(42)50(36)51(37)45)38-12-8-13-39(29-38)52-55-48(35-18-16-34(17-19-35)47-15-6-7-28-54-47)30-49(56-52)46-32-53-31-40-11-4-5-14-41(40)46/h1-32H. The maximum absolute atomic E-state index is 5.26. The average Bonchev–Trinajstić information content (AvgIpc) is 3.28. The van der Waals surface area contributed by atoms with Gasteiger partial charge in [-0.2, -0.15) is 0 Å². The fourth-order valence-corrected chi connectivity index (χ4v) is 8.28. The van der Waals surface area contributed by atoms with Gasteiger partial charge in [-0.1, -0.05) is 152 Å². The van der Waals surface area contributed by atoms with Crippen molar-refractivity contribution < 1.29 is 0 Å². The van der Waals surface area contributed by atoms with Crippen LogP contribution in [0.4, 0.5) is 0 Å². The van der Waals surface area contributed by atoms with E-state index < -0.39 is 0 Å². The van der Waals surface area contributed by atoms with Crippen LogP contribution in [0.3, 0.4) is 0 Å². The highest BCUT2D eigenvalue weighted by Crippen LogP contribution is 2.43. The van der Waals surface area contributed by atoms with Crippen molar-refractivity contribution in [2.75, 3.05) is 0 Å². The third kappa shape index (κ3) is 5.39. The lowest BCUT2D eigenvalue weighted by Gasteiger charge is -2.17. The number of fused-ring (bicyclic) bond motifs is 1. The highest BCUT2D eigenvalue weighted by Gasteiger charge is 2.17. The summed E-state index contributed by atoms with van der Waals surface area (Å²) >= 11 is 0. The van der Waals surface area contributed by atoms with Crippen LogP contribution < -0.4 is 0 Å². The van der Waals surface area contributed by atoms with Crippen molar-refractivity contribution in [2.24, 2.45) is 0 Å². The first-order valence-electron chi connectivity index (χ1n) is 18.9. The van der Waals surface area contributed by atoms with Crippen LogP contribution in [0.2, 0.25) is 0 Å². The molecule has 3 heterocycles. The molecule has 0 aliphatic carbocycles. The maximum Gasteiger partial charge on any atom is 0.160 e. The van der Waals surface area contributed by atoms with Gasteiger partial charge in [-0.3, -0.25) is 9.97 Å². The van der Waals surface area contributed by atoms with E-state index in [-0.39, 0.29) is 0 Å². The lowest BCUT2D eigenvalue weighted by atomic mass is 9.87. The second kappa shape index (κ2) is 13.1. The Morgan fingerprint density at radius 1 is 0.321 bits per heavy atom. The molecule has 11 rings (SSSR count). The van der Waals surface area contributed by atoms with Crippen molar-refractivity contribution in [3.05, 3.63) is 195 Å². The molecule has 0 saturated heterocycles. The smallest absolute Gasteiger partial charge is 0.160 e. The van der Waals surface area contributed by atoms with Crippen molar-refractivity contribution in [1.29, 1.82) is 0 Å². The monoisotopic (exact) mass is 712 g/mol. The van der Waals surface area contributed by atoms with E-state index in [0.717, 1.165) is 55.7 Å². The molecule has 0 amide bonds. The Kier molecular flexibility index (Phi) is 7.46. The summed E-state index contributed by atoms with van der Waals surface area (Å²) < 4.78 is 0. The number of pyridine rings is 2. The Morgan fingerprint density at radius 2 is 0.946 bits per heavy atom. The summed E-state index contributed by atoms with van der Waals surface area (Å²) in [5.41, 5.74) is 11.3. The first-order chi connectivity index (χ1) is 27.7. The quantitative estimate of drug-likeness (QED) is 0.161. The fraction of sp³-hybridized carbons (Fsp3) is 0. The van der Waals surface area contributed by atoms with E-state index in [4.69, 9.17) is 9.97 Å². The van der Waals surface area contributed by atoms with E-state index in [2.05, 4.69) is 162 Å². The Morgan fingerprint density at radius 3 is 1.70 bits per heavy atom. The molecular formula is C52H32N4. The zero-order valence-electron chi connectivity index (χ0n) is 30.3. The summed E-state index contributed by atoms with van der Waals surface area (Å²) in [5, 5.41) is 9.75. The summed E-state index contributed by atoms with van der Waals surface area (Å²) in [7, 11) is 0. The van der Waals surface area contributed by atoms with Crippen molar-refractivity contribution in [2.45, 2.75) is 0 Å². The van der Waals surface area contributed by atoms with Crippen LogP contribution in [-0.2, 0) is 0 Å². The van der Waals surface area contributed by atoms with Gasteiger partial charge in [-0.25, -0.2) is 9.97 Å². The van der Waals surface area contributed by atoms with Gasteiger partial charge in [0, 0.05) is 46.2 Å². The topological polar surface area (TPSA) is 51.6 Å². The van der Waals surface area contributed by atoms with E-state index in [0.29, 0.717) is 5.82 Å². The Labute approximate surface area is 323 Å². The minimum atomic E-state index is 0.659. The van der Waals surface area contributed by atoms with Crippen LogP contribution in [0.1, 0.15) is 0 Å². The molecule has 0 unspecified atom stereocenters. The molecule has 3 aromatic heterocycles. The molecule has 260 valence electrons. The number of benzene rings is 8. The van der Waals surface area contributed by atoms with E-state index in [9.17, 15) is 0 Å². The number of hydrogen-bond donors (Lipinski definition) is 0. The number of aromatic nitrogens is 4. The molecule has 11 aromatic rings. The number of nitrogens with zero attached hydrogens (tertiary/aromatic N) is 4. The van der Waals surface area contributed by atoms with Gasteiger partial charge in [-0.05, 0) is 84.2 Å². The predicted molar refractivity (Wildman–Crippen MR) is 231 cm³/mol. The zero-order valence-corrected chi connectivity index (χ0v) is 30.3. The molecule has 0 spiro atoms. The normalized spacial score (nSPS) is 11.6. The van der Waals surface area contributed by atoms with Crippen LogP contribution in [0.25, 0.3) is 111 Å². The molecule has 0 saturated carbocycles. The molecule has 4 heteroatoms. The van der Waals surface area contributed by atoms with Crippen molar-refractivity contribution in [1.82, 2.24) is 19.9 Å². The second-order valence-electron chi connectivity index (χ2n) is 14.3. The summed E-state index contributed by atoms with van der Waals surface area (Å²) in [5.74, 6) is 0.659. The second-order valence-corrected chi connectivity index (χ2v) is 14.3. The maximum atomic E-state index is 5.26. The first-order valence-corrected chi connectivity index (χ1v) is 18.9. The molecule has 0 aliphatic rings.